The van der Waals surface area contributed by atoms with Crippen molar-refractivity contribution in [1.82, 2.24) is 0 Å². The number of carbonyl (C=O) groups is 1. The molecule has 0 saturated heterocycles. The highest BCUT2D eigenvalue weighted by atomic mass is 32.2. The van der Waals surface area contributed by atoms with Gasteiger partial charge in [0, 0.05) is 25.2 Å². The lowest BCUT2D eigenvalue weighted by Crippen LogP contribution is -2.57. The molecule has 2 unspecified atom stereocenters. The summed E-state index contributed by atoms with van der Waals surface area (Å²) >= 11 is 0. The Balaban J connectivity index is 1.30. The summed E-state index contributed by atoms with van der Waals surface area (Å²) in [5, 5.41) is 22.0. The van der Waals surface area contributed by atoms with E-state index < -0.39 is 26.1 Å². The molecule has 38 heavy (non-hydrogen) atoms. The van der Waals surface area contributed by atoms with Crippen LogP contribution in [0.1, 0.15) is 71.6 Å². The van der Waals surface area contributed by atoms with Crippen LogP contribution in [0.2, 0.25) is 0 Å². The fourth-order valence-electron chi connectivity index (χ4n) is 9.40. The maximum atomic E-state index is 13.5. The van der Waals surface area contributed by atoms with E-state index in [0.29, 0.717) is 30.3 Å². The topological polar surface area (TPSA) is 124 Å². The average Bonchev–Trinajstić information content (AvgIpc) is 3.22. The maximum Gasteiger partial charge on any atom is 0.269 e. The number of methoxy groups -OCH3 is 1. The Kier molecular flexibility index (Phi) is 7.05. The van der Waals surface area contributed by atoms with E-state index in [-0.39, 0.29) is 33.1 Å². The number of nitro groups is 1. The number of sulfone groups is 1. The third-order valence-corrected chi connectivity index (χ3v) is 13.0. The first-order valence-corrected chi connectivity index (χ1v) is 15.7. The number of hydrogen-bond donors (Lipinski definition) is 1. The summed E-state index contributed by atoms with van der Waals surface area (Å²) in [7, 11) is -2.22. The molecule has 4 fully saturated rings. The molecule has 9 heteroatoms. The molecule has 0 bridgehead atoms. The molecule has 8 nitrogen and oxygen atoms in total. The van der Waals surface area contributed by atoms with Crippen LogP contribution < -0.4 is 0 Å². The Morgan fingerprint density at radius 1 is 1.03 bits per heavy atom. The second kappa shape index (κ2) is 9.66. The zero-order valence-corrected chi connectivity index (χ0v) is 23.5. The predicted molar refractivity (Wildman–Crippen MR) is 142 cm³/mol. The molecule has 0 radical (unpaired) electrons. The molecule has 0 amide bonds. The van der Waals surface area contributed by atoms with Gasteiger partial charge in [-0.05, 0) is 104 Å². The van der Waals surface area contributed by atoms with Crippen LogP contribution in [0.5, 0.6) is 0 Å². The largest absolute Gasteiger partial charge is 0.387 e. The molecule has 4 aliphatic carbocycles. The summed E-state index contributed by atoms with van der Waals surface area (Å²) < 4.78 is 31.4. The van der Waals surface area contributed by atoms with Crippen LogP contribution in [-0.4, -0.2) is 49.3 Å². The first-order chi connectivity index (χ1) is 17.8. The Labute approximate surface area is 225 Å². The number of non-ortho nitro benzene ring substituents is 1. The molecule has 0 heterocycles. The molecule has 8 atom stereocenters. The monoisotopic (exact) mass is 547 g/mol. The molecule has 0 aromatic heterocycles. The first-order valence-electron chi connectivity index (χ1n) is 14.0. The van der Waals surface area contributed by atoms with Crippen molar-refractivity contribution >= 4 is 21.3 Å². The molecule has 4 aliphatic rings. The van der Waals surface area contributed by atoms with E-state index in [9.17, 15) is 28.4 Å². The number of benzene rings is 1. The molecule has 1 aromatic carbocycles. The lowest BCUT2D eigenvalue weighted by atomic mass is 9.44. The van der Waals surface area contributed by atoms with Crippen LogP contribution in [0, 0.1) is 50.5 Å². The van der Waals surface area contributed by atoms with Gasteiger partial charge < -0.3 is 9.84 Å². The summed E-state index contributed by atoms with van der Waals surface area (Å²) in [5.41, 5.74) is -0.915. The highest BCUT2D eigenvalue weighted by molar-refractivity contribution is 7.92. The van der Waals surface area contributed by atoms with Crippen molar-refractivity contribution in [3.05, 3.63) is 34.4 Å². The summed E-state index contributed by atoms with van der Waals surface area (Å²) in [6.07, 6.45) is 8.42. The number of rotatable bonds is 7. The van der Waals surface area contributed by atoms with E-state index in [1.54, 1.807) is 7.11 Å². The summed E-state index contributed by atoms with van der Waals surface area (Å²) in [6, 6.07) is 4.79. The van der Waals surface area contributed by atoms with E-state index in [2.05, 4.69) is 13.8 Å². The molecular weight excluding hydrogens is 506 g/mol. The Bertz CT molecular complexity index is 1200. The molecule has 1 aromatic rings. The van der Waals surface area contributed by atoms with Gasteiger partial charge in [0.15, 0.2) is 15.6 Å². The zero-order chi connectivity index (χ0) is 27.5. The number of ketones is 1. The fourth-order valence-corrected chi connectivity index (χ4v) is 10.7. The van der Waals surface area contributed by atoms with Crippen molar-refractivity contribution in [3.8, 4) is 0 Å². The fraction of sp³-hybridized carbons (Fsp3) is 0.759. The highest BCUT2D eigenvalue weighted by Gasteiger charge is 2.62. The van der Waals surface area contributed by atoms with E-state index in [1.807, 2.05) is 0 Å². The summed E-state index contributed by atoms with van der Waals surface area (Å²) in [5.74, 6) is 0.960. The minimum atomic E-state index is -3.87. The first kappa shape index (κ1) is 27.7. The van der Waals surface area contributed by atoms with Crippen molar-refractivity contribution in [1.29, 1.82) is 0 Å². The van der Waals surface area contributed by atoms with Gasteiger partial charge in [0.1, 0.15) is 5.75 Å². The van der Waals surface area contributed by atoms with Gasteiger partial charge in [-0.3, -0.25) is 14.9 Å². The second-order valence-corrected chi connectivity index (χ2v) is 15.2. The third kappa shape index (κ3) is 4.52. The van der Waals surface area contributed by atoms with Crippen molar-refractivity contribution < 1.29 is 28.0 Å². The van der Waals surface area contributed by atoms with Crippen LogP contribution >= 0.6 is 0 Å². The van der Waals surface area contributed by atoms with Gasteiger partial charge >= 0.3 is 0 Å². The Morgan fingerprint density at radius 2 is 1.71 bits per heavy atom. The minimum Gasteiger partial charge on any atom is -0.387 e. The Hall–Kier alpha value is -1.84. The molecule has 1 N–H and O–H groups in total. The molecular formula is C29H41NO7S. The van der Waals surface area contributed by atoms with Gasteiger partial charge in [0.25, 0.3) is 5.69 Å². The lowest BCUT2D eigenvalue weighted by molar-refractivity contribution is -0.384. The number of Topliss-reactive ketones (excluding diaryl/α,β-unsaturated/α-hetero) is 1. The number of carbonyl (C=O) groups excluding carboxylic acids is 1. The van der Waals surface area contributed by atoms with E-state index in [0.717, 1.165) is 57.8 Å². The number of nitrogens with zero attached hydrogens (tertiary/aromatic N) is 1. The normalized spacial score (nSPS) is 40.6. The smallest absolute Gasteiger partial charge is 0.269 e. The van der Waals surface area contributed by atoms with Crippen LogP contribution in [0.3, 0.4) is 0 Å². The van der Waals surface area contributed by atoms with Gasteiger partial charge in [-0.1, -0.05) is 13.8 Å². The molecule has 4 saturated carbocycles. The van der Waals surface area contributed by atoms with E-state index >= 15 is 0 Å². The van der Waals surface area contributed by atoms with Crippen molar-refractivity contribution in [2.24, 2.45) is 40.4 Å². The SMILES string of the molecule is COCC1(O)CC[C@@]2(C)C(CC[C@H]3[C@@H]4CC[C@H](C(=O)CS(=O)(=O)c5ccc([N+](=O)[O-])cc5)[C@@]4(C)CC[C@@H]32)C1. The van der Waals surface area contributed by atoms with Gasteiger partial charge in [-0.25, -0.2) is 8.42 Å². The maximum absolute atomic E-state index is 13.5. The molecule has 0 spiro atoms. The third-order valence-electron chi connectivity index (χ3n) is 11.4. The van der Waals surface area contributed by atoms with Crippen LogP contribution in [-0.2, 0) is 19.4 Å². The second-order valence-electron chi connectivity index (χ2n) is 13.2. The highest BCUT2D eigenvalue weighted by Crippen LogP contribution is 2.68. The quantitative estimate of drug-likeness (QED) is 0.377. The van der Waals surface area contributed by atoms with E-state index in [4.69, 9.17) is 4.74 Å². The zero-order valence-electron chi connectivity index (χ0n) is 22.7. The minimum absolute atomic E-state index is 0.0446. The average molecular weight is 548 g/mol. The van der Waals surface area contributed by atoms with Crippen molar-refractivity contribution in [2.75, 3.05) is 19.5 Å². The van der Waals surface area contributed by atoms with Crippen LogP contribution in [0.15, 0.2) is 29.2 Å². The summed E-state index contributed by atoms with van der Waals surface area (Å²) in [4.78, 5) is 23.8. The van der Waals surface area contributed by atoms with E-state index in [1.165, 1.54) is 24.3 Å². The number of fused-ring (bicyclic) bond motifs is 5. The number of hydrogen-bond acceptors (Lipinski definition) is 7. The van der Waals surface area contributed by atoms with Crippen molar-refractivity contribution in [2.45, 2.75) is 82.1 Å². The molecule has 0 aliphatic heterocycles. The molecule has 5 rings (SSSR count). The number of ether oxygens (including phenoxy) is 1. The van der Waals surface area contributed by atoms with Crippen LogP contribution in [0.4, 0.5) is 5.69 Å². The summed E-state index contributed by atoms with van der Waals surface area (Å²) in [6.45, 7) is 5.04. The van der Waals surface area contributed by atoms with Gasteiger partial charge in [-0.15, -0.1) is 0 Å². The number of aliphatic hydroxyl groups is 1. The standard InChI is InChI=1S/C29H41NO7S/c1-27-14-15-29(32,18-37-3)16-19(27)4-9-22-23-10-11-25(28(23,2)13-12-24(22)27)26(31)17-38(35,36)21-7-5-20(6-8-21)30(33)34/h5-8,19,22-25,32H,4,9-18H2,1-3H3/t19?,22-,23-,24-,25+,27-,28-,29?/m0/s1. The van der Waals surface area contributed by atoms with Gasteiger partial charge in [0.05, 0.1) is 22.0 Å². The lowest BCUT2D eigenvalue weighted by Gasteiger charge is -2.62. The predicted octanol–water partition coefficient (Wildman–Crippen LogP) is 4.97. The van der Waals surface area contributed by atoms with Gasteiger partial charge in [0.2, 0.25) is 0 Å². The molecule has 210 valence electrons. The van der Waals surface area contributed by atoms with Crippen molar-refractivity contribution in [3.63, 3.8) is 0 Å². The van der Waals surface area contributed by atoms with Crippen LogP contribution in [0.25, 0.3) is 0 Å². The Morgan fingerprint density at radius 3 is 2.37 bits per heavy atom. The van der Waals surface area contributed by atoms with Gasteiger partial charge in [-0.2, -0.15) is 0 Å². The number of nitro benzene ring substituents is 1.